The van der Waals surface area contributed by atoms with Crippen molar-refractivity contribution in [2.24, 2.45) is 0 Å². The Bertz CT molecular complexity index is 1190. The molecule has 1 saturated heterocycles. The number of hydrogen-bond acceptors (Lipinski definition) is 5. The molecule has 0 saturated carbocycles. The van der Waals surface area contributed by atoms with Gasteiger partial charge >= 0.3 is 0 Å². The first kappa shape index (κ1) is 18.4. The van der Waals surface area contributed by atoms with Crippen molar-refractivity contribution in [1.29, 1.82) is 0 Å². The Morgan fingerprint density at radius 2 is 2.03 bits per heavy atom. The first-order valence-electron chi connectivity index (χ1n) is 9.39. The lowest BCUT2D eigenvalue weighted by Crippen LogP contribution is -2.25. The van der Waals surface area contributed by atoms with E-state index in [0.717, 1.165) is 6.42 Å². The monoisotopic (exact) mass is 418 g/mol. The van der Waals surface area contributed by atoms with Crippen molar-refractivity contribution in [2.45, 2.75) is 31.7 Å². The van der Waals surface area contributed by atoms with Gasteiger partial charge in [-0.3, -0.25) is 9.36 Å². The molecule has 2 atom stereocenters. The van der Waals surface area contributed by atoms with Crippen LogP contribution in [0.5, 0.6) is 0 Å². The van der Waals surface area contributed by atoms with Gasteiger partial charge in [0, 0.05) is 30.1 Å². The molecule has 1 aromatic carbocycles. The van der Waals surface area contributed by atoms with Crippen LogP contribution in [0.15, 0.2) is 29.1 Å². The molecule has 2 aromatic heterocycles. The summed E-state index contributed by atoms with van der Waals surface area (Å²) in [6.45, 7) is 0.568. The van der Waals surface area contributed by atoms with E-state index in [2.05, 4.69) is 9.97 Å². The zero-order valence-corrected chi connectivity index (χ0v) is 16.0. The number of anilines is 1. The minimum Gasteiger partial charge on any atom is -0.388 e. The quantitative estimate of drug-likeness (QED) is 0.693. The molecule has 9 heteroatoms. The SMILES string of the molecule is O=c1c2cc(N3C[C@@H](O)[C@H](F)C3)nc(-c3ccc(Cl)cc3F)c2nc2n1CCC2. The molecule has 5 rings (SSSR count). The average molecular weight is 419 g/mol. The first-order valence-corrected chi connectivity index (χ1v) is 9.77. The van der Waals surface area contributed by atoms with Gasteiger partial charge in [0.2, 0.25) is 0 Å². The van der Waals surface area contributed by atoms with Crippen LogP contribution in [-0.2, 0) is 13.0 Å². The Balaban J connectivity index is 1.79. The second kappa shape index (κ2) is 6.74. The van der Waals surface area contributed by atoms with Crippen molar-refractivity contribution < 1.29 is 13.9 Å². The number of fused-ring (bicyclic) bond motifs is 2. The molecule has 0 bridgehead atoms. The summed E-state index contributed by atoms with van der Waals surface area (Å²) in [5.74, 6) is 0.363. The smallest absolute Gasteiger partial charge is 0.261 e. The normalized spacial score (nSPS) is 21.2. The summed E-state index contributed by atoms with van der Waals surface area (Å²) in [5, 5.41) is 10.3. The summed E-state index contributed by atoms with van der Waals surface area (Å²) < 4.78 is 30.2. The van der Waals surface area contributed by atoms with Crippen molar-refractivity contribution in [2.75, 3.05) is 18.0 Å². The number of aromatic nitrogens is 3. The van der Waals surface area contributed by atoms with Crippen LogP contribution in [0.4, 0.5) is 14.6 Å². The van der Waals surface area contributed by atoms with E-state index in [1.54, 1.807) is 15.5 Å². The third-order valence-electron chi connectivity index (χ3n) is 5.52. The minimum atomic E-state index is -1.41. The predicted molar refractivity (Wildman–Crippen MR) is 106 cm³/mol. The number of pyridine rings is 1. The lowest BCUT2D eigenvalue weighted by Gasteiger charge is -2.19. The molecule has 0 spiro atoms. The Morgan fingerprint density at radius 3 is 2.76 bits per heavy atom. The molecule has 1 fully saturated rings. The van der Waals surface area contributed by atoms with Gasteiger partial charge in [0.05, 0.1) is 11.9 Å². The van der Waals surface area contributed by atoms with Gasteiger partial charge in [0.1, 0.15) is 40.9 Å². The summed E-state index contributed by atoms with van der Waals surface area (Å²) in [6.07, 6.45) is -1.08. The number of hydrogen-bond donors (Lipinski definition) is 1. The standard InChI is InChI=1S/C20H17ClF2N4O2/c21-10-3-4-11(13(22)6-10)18-19-12(20(29)27-5-1-2-16(27)24-19)7-17(25-18)26-8-14(23)15(28)9-26/h3-4,6-7,14-15,28H,1-2,5,8-9H2/t14-,15-/m1/s1. The highest BCUT2D eigenvalue weighted by atomic mass is 35.5. The van der Waals surface area contributed by atoms with Gasteiger partial charge in [-0.25, -0.2) is 18.7 Å². The number of aliphatic hydroxyl groups excluding tert-OH is 1. The van der Waals surface area contributed by atoms with Crippen molar-refractivity contribution in [3.8, 4) is 11.3 Å². The molecule has 4 heterocycles. The number of alkyl halides is 1. The van der Waals surface area contributed by atoms with E-state index in [0.29, 0.717) is 35.5 Å². The van der Waals surface area contributed by atoms with E-state index in [-0.39, 0.29) is 34.9 Å². The summed E-state index contributed by atoms with van der Waals surface area (Å²) in [6, 6.07) is 5.76. The Hall–Kier alpha value is -2.58. The zero-order chi connectivity index (χ0) is 20.3. The molecule has 29 heavy (non-hydrogen) atoms. The van der Waals surface area contributed by atoms with Crippen LogP contribution in [0, 0.1) is 5.82 Å². The van der Waals surface area contributed by atoms with Crippen molar-refractivity contribution >= 4 is 28.3 Å². The topological polar surface area (TPSA) is 71.2 Å². The molecule has 0 amide bonds. The van der Waals surface area contributed by atoms with Gasteiger partial charge in [-0.1, -0.05) is 11.6 Å². The van der Waals surface area contributed by atoms with Crippen LogP contribution in [0.25, 0.3) is 22.2 Å². The first-order chi connectivity index (χ1) is 13.9. The zero-order valence-electron chi connectivity index (χ0n) is 15.3. The average Bonchev–Trinajstić information content (AvgIpc) is 3.28. The van der Waals surface area contributed by atoms with E-state index < -0.39 is 18.1 Å². The fourth-order valence-corrected chi connectivity index (χ4v) is 4.19. The van der Waals surface area contributed by atoms with Gasteiger partial charge in [-0.2, -0.15) is 0 Å². The molecule has 6 nitrogen and oxygen atoms in total. The van der Waals surface area contributed by atoms with Crippen LogP contribution in [0.2, 0.25) is 5.02 Å². The Morgan fingerprint density at radius 1 is 1.21 bits per heavy atom. The molecular formula is C20H17ClF2N4O2. The lowest BCUT2D eigenvalue weighted by atomic mass is 10.1. The minimum absolute atomic E-state index is 0.0436. The maximum atomic E-state index is 14.7. The highest BCUT2D eigenvalue weighted by molar-refractivity contribution is 6.30. The summed E-state index contributed by atoms with van der Waals surface area (Å²) >= 11 is 5.88. The molecule has 2 aliphatic rings. The fourth-order valence-electron chi connectivity index (χ4n) is 4.04. The largest absolute Gasteiger partial charge is 0.388 e. The van der Waals surface area contributed by atoms with E-state index in [1.165, 1.54) is 18.2 Å². The molecule has 150 valence electrons. The van der Waals surface area contributed by atoms with Crippen molar-refractivity contribution in [1.82, 2.24) is 14.5 Å². The van der Waals surface area contributed by atoms with Gasteiger partial charge in [-0.05, 0) is 30.7 Å². The van der Waals surface area contributed by atoms with Gasteiger partial charge in [-0.15, -0.1) is 0 Å². The molecular weight excluding hydrogens is 402 g/mol. The molecule has 1 N–H and O–H groups in total. The summed E-state index contributed by atoms with van der Waals surface area (Å²) in [5.41, 5.74) is 0.450. The fraction of sp³-hybridized carbons (Fsp3) is 0.350. The maximum absolute atomic E-state index is 14.7. The highest BCUT2D eigenvalue weighted by Gasteiger charge is 2.33. The third-order valence-corrected chi connectivity index (χ3v) is 5.75. The highest BCUT2D eigenvalue weighted by Crippen LogP contribution is 2.33. The van der Waals surface area contributed by atoms with Crippen LogP contribution in [0.3, 0.4) is 0 Å². The molecule has 0 radical (unpaired) electrons. The Kier molecular flexibility index (Phi) is 4.29. The van der Waals surface area contributed by atoms with E-state index in [9.17, 15) is 18.7 Å². The summed E-state index contributed by atoms with van der Waals surface area (Å²) in [4.78, 5) is 23.8. The van der Waals surface area contributed by atoms with E-state index >= 15 is 0 Å². The number of halogens is 3. The lowest BCUT2D eigenvalue weighted by molar-refractivity contribution is 0.118. The van der Waals surface area contributed by atoms with Crippen molar-refractivity contribution in [3.05, 3.63) is 51.3 Å². The van der Waals surface area contributed by atoms with Crippen LogP contribution in [-0.4, -0.2) is 45.0 Å². The number of aryl methyl sites for hydroxylation is 1. The van der Waals surface area contributed by atoms with Crippen LogP contribution < -0.4 is 10.5 Å². The molecule has 2 aliphatic heterocycles. The van der Waals surface area contributed by atoms with Crippen LogP contribution in [0.1, 0.15) is 12.2 Å². The summed E-state index contributed by atoms with van der Waals surface area (Å²) in [7, 11) is 0. The number of rotatable bonds is 2. The number of benzene rings is 1. The van der Waals surface area contributed by atoms with Crippen molar-refractivity contribution in [3.63, 3.8) is 0 Å². The third kappa shape index (κ3) is 2.98. The van der Waals surface area contributed by atoms with Gasteiger partial charge < -0.3 is 10.0 Å². The maximum Gasteiger partial charge on any atom is 0.261 e. The molecule has 3 aromatic rings. The molecule has 0 unspecified atom stereocenters. The van der Waals surface area contributed by atoms with Crippen LogP contribution >= 0.6 is 11.6 Å². The molecule has 0 aliphatic carbocycles. The second-order valence-corrected chi connectivity index (χ2v) is 7.86. The van der Waals surface area contributed by atoms with E-state index in [4.69, 9.17) is 11.6 Å². The number of nitrogens with zero attached hydrogens (tertiary/aromatic N) is 4. The second-order valence-electron chi connectivity index (χ2n) is 7.43. The number of β-amino-alcohol motifs (C(OH)–C–C–N with tert-alkyl or cyclic N) is 1. The predicted octanol–water partition coefficient (Wildman–Crippen LogP) is 2.72. The Labute approximate surface area is 169 Å². The van der Waals surface area contributed by atoms with E-state index in [1.807, 2.05) is 0 Å². The van der Waals surface area contributed by atoms with Gasteiger partial charge in [0.25, 0.3) is 5.56 Å². The number of aliphatic hydroxyl groups is 1. The van der Waals surface area contributed by atoms with Gasteiger partial charge in [0.15, 0.2) is 0 Å².